The maximum absolute atomic E-state index is 14.1. The number of anilines is 1. The van der Waals surface area contributed by atoms with Crippen molar-refractivity contribution in [3.8, 4) is 0 Å². The Morgan fingerprint density at radius 2 is 2.10 bits per heavy atom. The molecule has 108 valence electrons. The standard InChI is InChI=1S/C15H14ClFN4/c1-10-15(17)11-4-2-3-5-12(11)21(10)7-6-18-14-8-13(16)19-9-20-14/h2-5,8-9H,6-7H2,1H3,(H,18,19,20). The smallest absolute Gasteiger partial charge is 0.151 e. The van der Waals surface area contributed by atoms with E-state index in [1.807, 2.05) is 22.8 Å². The first-order valence-electron chi connectivity index (χ1n) is 6.61. The quantitative estimate of drug-likeness (QED) is 0.748. The minimum absolute atomic E-state index is 0.157. The largest absolute Gasteiger partial charge is 0.368 e. The van der Waals surface area contributed by atoms with Crippen molar-refractivity contribution >= 4 is 28.3 Å². The summed E-state index contributed by atoms with van der Waals surface area (Å²) < 4.78 is 16.1. The highest BCUT2D eigenvalue weighted by molar-refractivity contribution is 6.29. The van der Waals surface area contributed by atoms with Gasteiger partial charge in [-0.05, 0) is 19.1 Å². The van der Waals surface area contributed by atoms with E-state index in [0.717, 1.165) is 5.52 Å². The summed E-state index contributed by atoms with van der Waals surface area (Å²) in [5.41, 5.74) is 1.54. The third-order valence-electron chi connectivity index (χ3n) is 3.43. The van der Waals surface area contributed by atoms with Crippen LogP contribution in [0.2, 0.25) is 5.15 Å². The van der Waals surface area contributed by atoms with Crippen molar-refractivity contribution in [2.24, 2.45) is 0 Å². The number of para-hydroxylation sites is 1. The summed E-state index contributed by atoms with van der Waals surface area (Å²) in [6.45, 7) is 3.04. The van der Waals surface area contributed by atoms with Gasteiger partial charge >= 0.3 is 0 Å². The van der Waals surface area contributed by atoms with Crippen LogP contribution in [0.1, 0.15) is 5.69 Å². The predicted molar refractivity (Wildman–Crippen MR) is 82.2 cm³/mol. The molecule has 0 saturated carbocycles. The van der Waals surface area contributed by atoms with Crippen LogP contribution in [0, 0.1) is 12.7 Å². The highest BCUT2D eigenvalue weighted by Gasteiger charge is 2.12. The molecule has 0 aliphatic heterocycles. The number of fused-ring (bicyclic) bond motifs is 1. The summed E-state index contributed by atoms with van der Waals surface area (Å²) in [6, 6.07) is 9.13. The Bertz CT molecular complexity index is 784. The van der Waals surface area contributed by atoms with E-state index in [-0.39, 0.29) is 5.82 Å². The summed E-state index contributed by atoms with van der Waals surface area (Å²) in [7, 11) is 0. The minimum Gasteiger partial charge on any atom is -0.368 e. The molecule has 0 atom stereocenters. The Morgan fingerprint density at radius 1 is 1.29 bits per heavy atom. The van der Waals surface area contributed by atoms with Crippen molar-refractivity contribution in [2.45, 2.75) is 13.5 Å². The van der Waals surface area contributed by atoms with Gasteiger partial charge in [0.15, 0.2) is 5.82 Å². The van der Waals surface area contributed by atoms with Gasteiger partial charge in [-0.25, -0.2) is 14.4 Å². The Hall–Kier alpha value is -2.14. The zero-order valence-electron chi connectivity index (χ0n) is 11.5. The van der Waals surface area contributed by atoms with E-state index in [1.165, 1.54) is 6.33 Å². The van der Waals surface area contributed by atoms with E-state index in [4.69, 9.17) is 11.6 Å². The summed E-state index contributed by atoms with van der Waals surface area (Å²) >= 11 is 5.80. The van der Waals surface area contributed by atoms with Crippen LogP contribution in [0.15, 0.2) is 36.7 Å². The lowest BCUT2D eigenvalue weighted by molar-refractivity contribution is 0.608. The molecule has 3 rings (SSSR count). The highest BCUT2D eigenvalue weighted by atomic mass is 35.5. The van der Waals surface area contributed by atoms with Crippen LogP contribution in [0.4, 0.5) is 10.2 Å². The first-order chi connectivity index (χ1) is 10.2. The third kappa shape index (κ3) is 2.69. The molecule has 0 bridgehead atoms. The van der Waals surface area contributed by atoms with Gasteiger partial charge in [-0.3, -0.25) is 0 Å². The lowest BCUT2D eigenvalue weighted by atomic mass is 10.2. The summed E-state index contributed by atoms with van der Waals surface area (Å²) in [6.07, 6.45) is 1.40. The second-order valence-corrected chi connectivity index (χ2v) is 5.11. The first-order valence-corrected chi connectivity index (χ1v) is 6.99. The third-order valence-corrected chi connectivity index (χ3v) is 3.64. The number of halogens is 2. The molecule has 0 aliphatic carbocycles. The number of hydrogen-bond donors (Lipinski definition) is 1. The van der Waals surface area contributed by atoms with Crippen LogP contribution in [-0.2, 0) is 6.54 Å². The Labute approximate surface area is 126 Å². The van der Waals surface area contributed by atoms with Gasteiger partial charge in [0, 0.05) is 24.5 Å². The zero-order valence-corrected chi connectivity index (χ0v) is 12.2. The molecule has 1 N–H and O–H groups in total. The van der Waals surface area contributed by atoms with Gasteiger partial charge < -0.3 is 9.88 Å². The molecule has 6 heteroatoms. The van der Waals surface area contributed by atoms with Gasteiger partial charge in [-0.1, -0.05) is 23.7 Å². The zero-order chi connectivity index (χ0) is 14.8. The SMILES string of the molecule is Cc1c(F)c2ccccc2n1CCNc1cc(Cl)ncn1. The number of nitrogens with one attached hydrogen (secondary N) is 1. The second-order valence-electron chi connectivity index (χ2n) is 4.72. The summed E-state index contributed by atoms with van der Waals surface area (Å²) in [5, 5.41) is 4.20. The van der Waals surface area contributed by atoms with Crippen molar-refractivity contribution in [2.75, 3.05) is 11.9 Å². The predicted octanol–water partition coefficient (Wildman–Crippen LogP) is 3.64. The van der Waals surface area contributed by atoms with Gasteiger partial charge in [0.05, 0.1) is 11.2 Å². The molecule has 1 aromatic carbocycles. The van der Waals surface area contributed by atoms with Gasteiger partial charge in [-0.2, -0.15) is 0 Å². The van der Waals surface area contributed by atoms with Crippen molar-refractivity contribution < 1.29 is 4.39 Å². The van der Waals surface area contributed by atoms with E-state index >= 15 is 0 Å². The normalized spacial score (nSPS) is 11.0. The van der Waals surface area contributed by atoms with E-state index in [0.29, 0.717) is 35.1 Å². The lowest BCUT2D eigenvalue weighted by Crippen LogP contribution is -2.12. The maximum Gasteiger partial charge on any atom is 0.151 e. The molecule has 0 spiro atoms. The van der Waals surface area contributed by atoms with Gasteiger partial charge in [0.1, 0.15) is 17.3 Å². The molecule has 0 fully saturated rings. The molecule has 4 nitrogen and oxygen atoms in total. The average molecular weight is 305 g/mol. The number of hydrogen-bond acceptors (Lipinski definition) is 3. The van der Waals surface area contributed by atoms with Crippen LogP contribution < -0.4 is 5.32 Å². The molecule has 0 amide bonds. The van der Waals surface area contributed by atoms with E-state index in [2.05, 4.69) is 15.3 Å². The Balaban J connectivity index is 1.78. The Morgan fingerprint density at radius 3 is 2.90 bits per heavy atom. The molecule has 0 saturated heterocycles. The topological polar surface area (TPSA) is 42.7 Å². The monoisotopic (exact) mass is 304 g/mol. The second kappa shape index (κ2) is 5.69. The van der Waals surface area contributed by atoms with E-state index in [9.17, 15) is 4.39 Å². The molecule has 3 aromatic rings. The highest BCUT2D eigenvalue weighted by Crippen LogP contribution is 2.23. The van der Waals surface area contributed by atoms with Crippen molar-refractivity contribution in [3.63, 3.8) is 0 Å². The van der Waals surface area contributed by atoms with E-state index < -0.39 is 0 Å². The van der Waals surface area contributed by atoms with Crippen molar-refractivity contribution in [1.82, 2.24) is 14.5 Å². The molecule has 0 radical (unpaired) electrons. The molecular formula is C15H14ClFN4. The fourth-order valence-corrected chi connectivity index (χ4v) is 2.55. The Kier molecular flexibility index (Phi) is 3.75. The fraction of sp³-hybridized carbons (Fsp3) is 0.200. The van der Waals surface area contributed by atoms with Gasteiger partial charge in [-0.15, -0.1) is 0 Å². The van der Waals surface area contributed by atoms with Crippen LogP contribution in [0.5, 0.6) is 0 Å². The van der Waals surface area contributed by atoms with E-state index in [1.54, 1.807) is 19.1 Å². The number of aromatic nitrogens is 3. The van der Waals surface area contributed by atoms with Gasteiger partial charge in [0.25, 0.3) is 0 Å². The van der Waals surface area contributed by atoms with Crippen LogP contribution in [0.25, 0.3) is 10.9 Å². The number of rotatable bonds is 4. The molecule has 0 unspecified atom stereocenters. The van der Waals surface area contributed by atoms with Gasteiger partial charge in [0.2, 0.25) is 0 Å². The molecule has 2 heterocycles. The molecule has 21 heavy (non-hydrogen) atoms. The first kappa shape index (κ1) is 13.8. The number of nitrogens with zero attached hydrogens (tertiary/aromatic N) is 3. The summed E-state index contributed by atoms with van der Waals surface area (Å²) in [4.78, 5) is 7.89. The number of benzene rings is 1. The van der Waals surface area contributed by atoms with Crippen molar-refractivity contribution in [1.29, 1.82) is 0 Å². The summed E-state index contributed by atoms with van der Waals surface area (Å²) in [5.74, 6) is 0.500. The van der Waals surface area contributed by atoms with Crippen molar-refractivity contribution in [3.05, 3.63) is 53.3 Å². The lowest BCUT2D eigenvalue weighted by Gasteiger charge is -2.09. The molecule has 2 aromatic heterocycles. The maximum atomic E-state index is 14.1. The fourth-order valence-electron chi connectivity index (χ4n) is 2.40. The van der Waals surface area contributed by atoms with Crippen LogP contribution in [0.3, 0.4) is 0 Å². The molecular weight excluding hydrogens is 291 g/mol. The van der Waals surface area contributed by atoms with Crippen LogP contribution in [-0.4, -0.2) is 21.1 Å². The molecule has 0 aliphatic rings. The average Bonchev–Trinajstić information content (AvgIpc) is 2.73. The minimum atomic E-state index is -0.157. The van der Waals surface area contributed by atoms with Crippen LogP contribution >= 0.6 is 11.6 Å².